The second kappa shape index (κ2) is 9.06. The Labute approximate surface area is 160 Å². The molecule has 1 amide bonds. The van der Waals surface area contributed by atoms with Crippen LogP contribution in [0.4, 0.5) is 0 Å². The average Bonchev–Trinajstić information content (AvgIpc) is 2.69. The van der Waals surface area contributed by atoms with Crippen molar-refractivity contribution in [2.45, 2.75) is 25.9 Å². The fourth-order valence-corrected chi connectivity index (χ4v) is 3.56. The van der Waals surface area contributed by atoms with Crippen molar-refractivity contribution in [3.63, 3.8) is 0 Å². The minimum Gasteiger partial charge on any atom is -0.497 e. The number of methoxy groups -OCH3 is 1. The summed E-state index contributed by atoms with van der Waals surface area (Å²) < 4.78 is 5.15. The highest BCUT2D eigenvalue weighted by Crippen LogP contribution is 2.14. The van der Waals surface area contributed by atoms with Gasteiger partial charge in [-0.15, -0.1) is 0 Å². The minimum absolute atomic E-state index is 0.127. The first-order valence-corrected chi connectivity index (χ1v) is 9.50. The molecule has 0 aromatic heterocycles. The van der Waals surface area contributed by atoms with E-state index in [0.717, 1.165) is 48.8 Å². The van der Waals surface area contributed by atoms with Gasteiger partial charge in [-0.3, -0.25) is 4.79 Å². The van der Waals surface area contributed by atoms with Gasteiger partial charge in [0, 0.05) is 35.9 Å². The highest BCUT2D eigenvalue weighted by Gasteiger charge is 2.27. The Hall–Kier alpha value is -2.04. The molecule has 4 nitrogen and oxygen atoms in total. The minimum atomic E-state index is 0.127. The molecule has 1 fully saturated rings. The number of benzene rings is 2. The quantitative estimate of drug-likeness (QED) is 0.816. The van der Waals surface area contributed by atoms with Gasteiger partial charge in [0.2, 0.25) is 5.91 Å². The molecule has 0 unspecified atom stereocenters. The average molecular weight is 374 g/mol. The third kappa shape index (κ3) is 5.23. The maximum absolute atomic E-state index is 12.4. The van der Waals surface area contributed by atoms with E-state index >= 15 is 0 Å². The topological polar surface area (TPSA) is 42.8 Å². The zero-order valence-electron chi connectivity index (χ0n) is 15.1. The molecule has 0 saturated carbocycles. The molecule has 0 aliphatic carbocycles. The van der Waals surface area contributed by atoms with Crippen LogP contribution in [0.15, 0.2) is 48.5 Å². The van der Waals surface area contributed by atoms with E-state index in [2.05, 4.69) is 17.4 Å². The van der Waals surface area contributed by atoms with Gasteiger partial charge in [-0.2, -0.15) is 0 Å². The third-order valence-corrected chi connectivity index (χ3v) is 5.31. The molecule has 138 valence electrons. The van der Waals surface area contributed by atoms with Crippen molar-refractivity contribution in [2.24, 2.45) is 5.92 Å². The number of likely N-dealkylation sites (tertiary alicyclic amines) is 1. The monoisotopic (exact) mass is 373 g/mol. The summed E-state index contributed by atoms with van der Waals surface area (Å²) in [5, 5.41) is 3.85. The van der Waals surface area contributed by atoms with E-state index in [9.17, 15) is 4.79 Å². The maximum Gasteiger partial charge on any atom is 0.223 e. The largest absolute Gasteiger partial charge is 0.497 e. The Morgan fingerprint density at radius 3 is 2.31 bits per heavy atom. The summed E-state index contributed by atoms with van der Waals surface area (Å²) in [6, 6.07) is 15.9. The van der Waals surface area contributed by atoms with E-state index in [4.69, 9.17) is 16.3 Å². The van der Waals surface area contributed by atoms with E-state index in [-0.39, 0.29) is 11.8 Å². The molecule has 2 aromatic rings. The summed E-state index contributed by atoms with van der Waals surface area (Å²) >= 11 is 5.94. The summed E-state index contributed by atoms with van der Waals surface area (Å²) in [6.45, 7) is 3.63. The Morgan fingerprint density at radius 2 is 1.69 bits per heavy atom. The summed E-state index contributed by atoms with van der Waals surface area (Å²) in [6.07, 6.45) is 1.88. The van der Waals surface area contributed by atoms with Gasteiger partial charge in [-0.25, -0.2) is 0 Å². The molecular weight excluding hydrogens is 348 g/mol. The molecule has 5 heteroatoms. The lowest BCUT2D eigenvalue weighted by Crippen LogP contribution is -3.11. The van der Waals surface area contributed by atoms with Crippen LogP contribution in [-0.2, 0) is 17.9 Å². The van der Waals surface area contributed by atoms with E-state index in [1.807, 2.05) is 36.4 Å². The number of ether oxygens (including phenoxy) is 1. The zero-order valence-corrected chi connectivity index (χ0v) is 15.9. The summed E-state index contributed by atoms with van der Waals surface area (Å²) in [7, 11) is 1.65. The van der Waals surface area contributed by atoms with Crippen molar-refractivity contribution < 1.29 is 14.4 Å². The lowest BCUT2D eigenvalue weighted by Gasteiger charge is -2.28. The standard InChI is InChI=1S/C21H25ClN2O2/c1-26-20-8-4-16(5-9-20)14-23-21(25)18-10-12-24(13-11-18)15-17-2-6-19(22)7-3-17/h2-9,18H,10-15H2,1H3,(H,23,25)/p+1. The number of amides is 1. The van der Waals surface area contributed by atoms with E-state index < -0.39 is 0 Å². The highest BCUT2D eigenvalue weighted by atomic mass is 35.5. The van der Waals surface area contributed by atoms with Gasteiger partial charge in [-0.1, -0.05) is 35.9 Å². The molecule has 1 aliphatic heterocycles. The molecule has 0 bridgehead atoms. The van der Waals surface area contributed by atoms with Crippen LogP contribution in [0.2, 0.25) is 5.02 Å². The van der Waals surface area contributed by atoms with Crippen LogP contribution in [0.3, 0.4) is 0 Å². The van der Waals surface area contributed by atoms with Crippen LogP contribution in [-0.4, -0.2) is 26.1 Å². The van der Waals surface area contributed by atoms with Crippen LogP contribution >= 0.6 is 11.6 Å². The van der Waals surface area contributed by atoms with Gasteiger partial charge in [0.25, 0.3) is 0 Å². The van der Waals surface area contributed by atoms with Crippen molar-refractivity contribution >= 4 is 17.5 Å². The van der Waals surface area contributed by atoms with Gasteiger partial charge in [0.05, 0.1) is 20.2 Å². The molecule has 2 N–H and O–H groups in total. The summed E-state index contributed by atoms with van der Waals surface area (Å²) in [5.41, 5.74) is 2.39. The second-order valence-corrected chi connectivity index (χ2v) is 7.33. The van der Waals surface area contributed by atoms with Crippen molar-refractivity contribution in [3.8, 4) is 5.75 Å². The van der Waals surface area contributed by atoms with Gasteiger partial charge in [0.15, 0.2) is 0 Å². The zero-order chi connectivity index (χ0) is 18.4. The van der Waals surface area contributed by atoms with Crippen molar-refractivity contribution in [2.75, 3.05) is 20.2 Å². The first kappa shape index (κ1) is 18.7. The molecule has 1 heterocycles. The lowest BCUT2D eigenvalue weighted by molar-refractivity contribution is -0.919. The van der Waals surface area contributed by atoms with Gasteiger partial charge in [0.1, 0.15) is 12.3 Å². The van der Waals surface area contributed by atoms with Crippen LogP contribution in [0.1, 0.15) is 24.0 Å². The number of halogens is 1. The van der Waals surface area contributed by atoms with Crippen LogP contribution < -0.4 is 15.0 Å². The van der Waals surface area contributed by atoms with E-state index in [1.165, 1.54) is 10.5 Å². The number of rotatable bonds is 6. The molecule has 1 aliphatic rings. The first-order chi connectivity index (χ1) is 12.6. The van der Waals surface area contributed by atoms with Gasteiger partial charge >= 0.3 is 0 Å². The Kier molecular flexibility index (Phi) is 6.53. The van der Waals surface area contributed by atoms with Crippen molar-refractivity contribution in [1.29, 1.82) is 0 Å². The van der Waals surface area contributed by atoms with Gasteiger partial charge < -0.3 is 15.0 Å². The maximum atomic E-state index is 12.4. The molecular formula is C21H26ClN2O2+. The van der Waals surface area contributed by atoms with Crippen LogP contribution in [0, 0.1) is 5.92 Å². The number of carbonyl (C=O) groups excluding carboxylic acids is 1. The summed E-state index contributed by atoms with van der Waals surface area (Å²) in [4.78, 5) is 14.0. The molecule has 0 spiro atoms. The molecule has 0 atom stereocenters. The fraction of sp³-hybridized carbons (Fsp3) is 0.381. The first-order valence-electron chi connectivity index (χ1n) is 9.12. The van der Waals surface area contributed by atoms with Crippen LogP contribution in [0.25, 0.3) is 0 Å². The molecule has 1 saturated heterocycles. The predicted octanol–water partition coefficient (Wildman–Crippen LogP) is 2.46. The second-order valence-electron chi connectivity index (χ2n) is 6.89. The van der Waals surface area contributed by atoms with Gasteiger partial charge in [-0.05, 0) is 29.8 Å². The number of quaternary nitrogens is 1. The highest BCUT2D eigenvalue weighted by molar-refractivity contribution is 6.30. The fourth-order valence-electron chi connectivity index (χ4n) is 3.43. The third-order valence-electron chi connectivity index (χ3n) is 5.06. The number of carbonyl (C=O) groups is 1. The number of hydrogen-bond acceptors (Lipinski definition) is 2. The Bertz CT molecular complexity index is 708. The number of piperidine rings is 1. The van der Waals surface area contributed by atoms with Crippen LogP contribution in [0.5, 0.6) is 5.75 Å². The Morgan fingerprint density at radius 1 is 1.08 bits per heavy atom. The molecule has 26 heavy (non-hydrogen) atoms. The number of nitrogens with one attached hydrogen (secondary N) is 2. The molecule has 2 aromatic carbocycles. The van der Waals surface area contributed by atoms with E-state index in [1.54, 1.807) is 7.11 Å². The smallest absolute Gasteiger partial charge is 0.223 e. The lowest BCUT2D eigenvalue weighted by atomic mass is 9.95. The predicted molar refractivity (Wildman–Crippen MR) is 103 cm³/mol. The normalized spacial score (nSPS) is 19.8. The summed E-state index contributed by atoms with van der Waals surface area (Å²) in [5.74, 6) is 1.13. The SMILES string of the molecule is COc1ccc(CNC(=O)C2CC[NH+](Cc3ccc(Cl)cc3)CC2)cc1. The van der Waals surface area contributed by atoms with Crippen molar-refractivity contribution in [1.82, 2.24) is 5.32 Å². The molecule has 3 rings (SSSR count). The Balaban J connectivity index is 1.42. The van der Waals surface area contributed by atoms with E-state index in [0.29, 0.717) is 6.54 Å². The molecule has 0 radical (unpaired) electrons. The van der Waals surface area contributed by atoms with Crippen molar-refractivity contribution in [3.05, 3.63) is 64.7 Å². The number of hydrogen-bond donors (Lipinski definition) is 2.